The van der Waals surface area contributed by atoms with Gasteiger partial charge < -0.3 is 5.11 Å². The molecule has 1 atom stereocenters. The Morgan fingerprint density at radius 1 is 1.32 bits per heavy atom. The van der Waals surface area contributed by atoms with Gasteiger partial charge in [-0.05, 0) is 30.0 Å². The Balaban J connectivity index is 2.98. The van der Waals surface area contributed by atoms with Gasteiger partial charge >= 0.3 is 5.97 Å². The normalized spacial score (nSPS) is 12.4. The van der Waals surface area contributed by atoms with Crippen LogP contribution in [0.1, 0.15) is 55.5 Å². The van der Waals surface area contributed by atoms with Crippen molar-refractivity contribution in [1.82, 2.24) is 0 Å². The van der Waals surface area contributed by atoms with Gasteiger partial charge in [0.05, 0.1) is 10.6 Å². The molecule has 0 aliphatic heterocycles. The molecule has 1 N–H and O–H groups in total. The second kappa shape index (κ2) is 7.76. The molecule has 106 valence electrons. The second-order valence-electron chi connectivity index (χ2n) is 4.81. The average molecular weight is 303 g/mol. The van der Waals surface area contributed by atoms with E-state index in [1.54, 1.807) is 6.07 Å². The molecule has 4 heteroatoms. The highest BCUT2D eigenvalue weighted by molar-refractivity contribution is 6.37. The zero-order chi connectivity index (χ0) is 14.4. The molecule has 2 nitrogen and oxygen atoms in total. The number of carboxylic acids is 1. The van der Waals surface area contributed by atoms with Crippen LogP contribution in [0.15, 0.2) is 12.1 Å². The molecular weight excluding hydrogens is 283 g/mol. The zero-order valence-corrected chi connectivity index (χ0v) is 12.9. The minimum atomic E-state index is -1.01. The van der Waals surface area contributed by atoms with Gasteiger partial charge in [-0.1, -0.05) is 62.7 Å². The van der Waals surface area contributed by atoms with E-state index in [1.807, 2.05) is 0 Å². The molecule has 1 rings (SSSR count). The number of hydrogen-bond acceptors (Lipinski definition) is 1. The number of halogens is 2. The van der Waals surface area contributed by atoms with Crippen molar-refractivity contribution in [2.24, 2.45) is 5.92 Å². The molecule has 0 saturated carbocycles. The van der Waals surface area contributed by atoms with Crippen molar-refractivity contribution >= 4 is 29.2 Å². The molecule has 0 spiro atoms. The fourth-order valence-electron chi connectivity index (χ4n) is 2.18. The van der Waals surface area contributed by atoms with Crippen LogP contribution in [-0.2, 0) is 6.42 Å². The molecule has 1 aromatic carbocycles. The number of carboxylic acid groups (broad SMARTS) is 1. The Bertz CT molecular complexity index is 444. The molecule has 0 fully saturated rings. The number of hydrogen-bond donors (Lipinski definition) is 1. The molecule has 0 aliphatic carbocycles. The predicted molar refractivity (Wildman–Crippen MR) is 80.4 cm³/mol. The van der Waals surface area contributed by atoms with Crippen LogP contribution in [0.3, 0.4) is 0 Å². The molecule has 19 heavy (non-hydrogen) atoms. The van der Waals surface area contributed by atoms with Crippen molar-refractivity contribution in [2.45, 2.75) is 46.0 Å². The summed E-state index contributed by atoms with van der Waals surface area (Å²) in [6.07, 6.45) is 5.25. The summed E-state index contributed by atoms with van der Waals surface area (Å²) in [5.74, 6) is -0.511. The van der Waals surface area contributed by atoms with Gasteiger partial charge in [0.2, 0.25) is 0 Å². The van der Waals surface area contributed by atoms with Gasteiger partial charge in [-0.25, -0.2) is 4.79 Å². The third-order valence-corrected chi connectivity index (χ3v) is 4.24. The lowest BCUT2D eigenvalue weighted by Crippen LogP contribution is -2.07. The molecule has 0 bridgehead atoms. The van der Waals surface area contributed by atoms with Crippen LogP contribution < -0.4 is 0 Å². The van der Waals surface area contributed by atoms with E-state index in [4.69, 9.17) is 28.3 Å². The first-order chi connectivity index (χ1) is 9.01. The number of aromatic carboxylic acids is 1. The highest BCUT2D eigenvalue weighted by Gasteiger charge is 2.18. The molecule has 0 aliphatic rings. The Morgan fingerprint density at radius 3 is 2.53 bits per heavy atom. The summed E-state index contributed by atoms with van der Waals surface area (Å²) in [4.78, 5) is 11.1. The van der Waals surface area contributed by atoms with Gasteiger partial charge in [0.1, 0.15) is 0 Å². The number of carbonyl (C=O) groups is 1. The van der Waals surface area contributed by atoms with E-state index < -0.39 is 5.97 Å². The van der Waals surface area contributed by atoms with Crippen molar-refractivity contribution in [3.05, 3.63) is 33.3 Å². The van der Waals surface area contributed by atoms with Gasteiger partial charge in [-0.2, -0.15) is 0 Å². The summed E-state index contributed by atoms with van der Waals surface area (Å²) in [6.45, 7) is 4.31. The fourth-order valence-corrected chi connectivity index (χ4v) is 2.79. The third kappa shape index (κ3) is 4.39. The number of unbranched alkanes of at least 4 members (excludes halogenated alkanes) is 1. The van der Waals surface area contributed by atoms with E-state index in [1.165, 1.54) is 12.5 Å². The Kier molecular flexibility index (Phi) is 6.67. The first kappa shape index (κ1) is 16.3. The summed E-state index contributed by atoms with van der Waals surface area (Å²) >= 11 is 12.3. The molecule has 0 heterocycles. The summed E-state index contributed by atoms with van der Waals surface area (Å²) in [7, 11) is 0. The fraction of sp³-hybridized carbons (Fsp3) is 0.533. The van der Waals surface area contributed by atoms with Gasteiger partial charge in [-0.15, -0.1) is 0 Å². The topological polar surface area (TPSA) is 37.3 Å². The smallest absolute Gasteiger partial charge is 0.337 e. The first-order valence-corrected chi connectivity index (χ1v) is 7.46. The lowest BCUT2D eigenvalue weighted by atomic mass is 9.91. The molecule has 0 amide bonds. The Morgan fingerprint density at radius 2 is 2.00 bits per heavy atom. The van der Waals surface area contributed by atoms with Crippen LogP contribution in [0, 0.1) is 5.92 Å². The lowest BCUT2D eigenvalue weighted by Gasteiger charge is -2.17. The van der Waals surface area contributed by atoms with Crippen LogP contribution in [-0.4, -0.2) is 11.1 Å². The van der Waals surface area contributed by atoms with Gasteiger partial charge in [-0.3, -0.25) is 0 Å². The summed E-state index contributed by atoms with van der Waals surface area (Å²) < 4.78 is 0. The molecule has 0 aromatic heterocycles. The molecule has 1 unspecified atom stereocenters. The summed E-state index contributed by atoms with van der Waals surface area (Å²) in [5.41, 5.74) is 0.901. The standard InChI is InChI=1S/C15H20Cl2O2/c1-3-5-6-10(4-2)9-12-13(16)8-7-11(14(12)17)15(18)19/h7-8,10H,3-6,9H2,1-2H3,(H,18,19). The average Bonchev–Trinajstić information content (AvgIpc) is 2.37. The molecule has 0 radical (unpaired) electrons. The zero-order valence-electron chi connectivity index (χ0n) is 11.4. The van der Waals surface area contributed by atoms with Crippen molar-refractivity contribution in [1.29, 1.82) is 0 Å². The maximum Gasteiger partial charge on any atom is 0.337 e. The molecule has 1 aromatic rings. The second-order valence-corrected chi connectivity index (χ2v) is 5.60. The maximum absolute atomic E-state index is 11.1. The van der Waals surface area contributed by atoms with E-state index in [0.717, 1.165) is 31.2 Å². The van der Waals surface area contributed by atoms with Crippen LogP contribution >= 0.6 is 23.2 Å². The van der Waals surface area contributed by atoms with Crippen molar-refractivity contribution < 1.29 is 9.90 Å². The number of rotatable bonds is 7. The predicted octanol–water partition coefficient (Wildman–Crippen LogP) is 5.45. The van der Waals surface area contributed by atoms with E-state index in [9.17, 15) is 4.79 Å². The van der Waals surface area contributed by atoms with E-state index >= 15 is 0 Å². The van der Waals surface area contributed by atoms with Crippen LogP contribution in [0.5, 0.6) is 0 Å². The van der Waals surface area contributed by atoms with Crippen LogP contribution in [0.25, 0.3) is 0 Å². The van der Waals surface area contributed by atoms with Crippen molar-refractivity contribution in [3.63, 3.8) is 0 Å². The third-order valence-electron chi connectivity index (χ3n) is 3.45. The molecule has 0 saturated heterocycles. The van der Waals surface area contributed by atoms with Crippen molar-refractivity contribution in [3.8, 4) is 0 Å². The summed E-state index contributed by atoms with van der Waals surface area (Å²) in [6, 6.07) is 3.09. The van der Waals surface area contributed by atoms with E-state index in [-0.39, 0.29) is 10.6 Å². The highest BCUT2D eigenvalue weighted by Crippen LogP contribution is 2.32. The Hall–Kier alpha value is -0.730. The summed E-state index contributed by atoms with van der Waals surface area (Å²) in [5, 5.41) is 9.93. The maximum atomic E-state index is 11.1. The van der Waals surface area contributed by atoms with Crippen molar-refractivity contribution in [2.75, 3.05) is 0 Å². The van der Waals surface area contributed by atoms with E-state index in [0.29, 0.717) is 10.9 Å². The largest absolute Gasteiger partial charge is 0.478 e. The molecular formula is C15H20Cl2O2. The van der Waals surface area contributed by atoms with E-state index in [2.05, 4.69) is 13.8 Å². The van der Waals surface area contributed by atoms with Gasteiger partial charge in [0.25, 0.3) is 0 Å². The highest BCUT2D eigenvalue weighted by atomic mass is 35.5. The lowest BCUT2D eigenvalue weighted by molar-refractivity contribution is 0.0697. The van der Waals surface area contributed by atoms with Gasteiger partial charge in [0, 0.05) is 5.02 Å². The Labute approximate surface area is 124 Å². The van der Waals surface area contributed by atoms with Crippen LogP contribution in [0.2, 0.25) is 10.0 Å². The SMILES string of the molecule is CCCCC(CC)Cc1c(Cl)ccc(C(=O)O)c1Cl. The van der Waals surface area contributed by atoms with Crippen LogP contribution in [0.4, 0.5) is 0 Å². The first-order valence-electron chi connectivity index (χ1n) is 6.71. The monoisotopic (exact) mass is 302 g/mol. The number of benzene rings is 1. The minimum Gasteiger partial charge on any atom is -0.478 e. The minimum absolute atomic E-state index is 0.131. The quantitative estimate of drug-likeness (QED) is 0.727. The van der Waals surface area contributed by atoms with Gasteiger partial charge in [0.15, 0.2) is 0 Å².